The van der Waals surface area contributed by atoms with Gasteiger partial charge in [0.25, 0.3) is 0 Å². The van der Waals surface area contributed by atoms with Crippen LogP contribution in [0.1, 0.15) is 5.56 Å². The number of thiophene rings is 1. The zero-order chi connectivity index (χ0) is 22.6. The Hall–Kier alpha value is -3.05. The van der Waals surface area contributed by atoms with E-state index >= 15 is 0 Å². The second kappa shape index (κ2) is 9.84. The van der Waals surface area contributed by atoms with E-state index in [-0.39, 0.29) is 6.54 Å². The molecule has 170 valence electrons. The molecule has 1 aliphatic rings. The molecular formula is C23H23N5O3S2. The summed E-state index contributed by atoms with van der Waals surface area (Å²) >= 11 is 1.58. The van der Waals surface area contributed by atoms with Gasteiger partial charge in [0, 0.05) is 42.0 Å². The quantitative estimate of drug-likeness (QED) is 0.347. The minimum Gasteiger partial charge on any atom is -0.378 e. The van der Waals surface area contributed by atoms with E-state index in [1.807, 2.05) is 42.6 Å². The standard InChI is InChI=1S/C23H23N5O3S2/c29-33(30)25-13-16-2-1-3-17(12-16)20-15-32-21-14-24-23(27-22(20)21)26-18-4-6-19(7-5-18)28-8-10-31-11-9-28/h1-7,12,14-15,33H,8-11,13H2,(H,24,26,27)(H,25,29,30). The Balaban J connectivity index is 1.37. The van der Waals surface area contributed by atoms with E-state index in [2.05, 4.69) is 37.4 Å². The summed E-state index contributed by atoms with van der Waals surface area (Å²) in [4.78, 5) is 11.6. The molecule has 33 heavy (non-hydrogen) atoms. The molecule has 5 rings (SSSR count). The van der Waals surface area contributed by atoms with E-state index in [1.165, 1.54) is 5.69 Å². The number of anilines is 3. The lowest BCUT2D eigenvalue weighted by Gasteiger charge is -2.28. The van der Waals surface area contributed by atoms with Crippen LogP contribution in [0.25, 0.3) is 21.3 Å². The molecule has 4 aromatic rings. The zero-order valence-corrected chi connectivity index (χ0v) is 19.4. The minimum absolute atomic E-state index is 0.261. The summed E-state index contributed by atoms with van der Waals surface area (Å²) in [5.41, 5.74) is 5.83. The zero-order valence-electron chi connectivity index (χ0n) is 17.7. The first kappa shape index (κ1) is 21.8. The van der Waals surface area contributed by atoms with Gasteiger partial charge in [-0.1, -0.05) is 18.2 Å². The first-order chi connectivity index (χ1) is 16.2. The fourth-order valence-electron chi connectivity index (χ4n) is 3.80. The summed E-state index contributed by atoms with van der Waals surface area (Å²) in [6, 6.07) is 16.1. The molecule has 10 heteroatoms. The first-order valence-corrected chi connectivity index (χ1v) is 12.6. The number of hydrogen-bond donors (Lipinski definition) is 3. The van der Waals surface area contributed by atoms with Crippen LogP contribution >= 0.6 is 11.3 Å². The Morgan fingerprint density at radius 1 is 1.09 bits per heavy atom. The van der Waals surface area contributed by atoms with Crippen molar-refractivity contribution in [3.63, 3.8) is 0 Å². The molecule has 0 amide bonds. The number of hydrogen-bond acceptors (Lipinski definition) is 8. The number of ether oxygens (including phenoxy) is 1. The smallest absolute Gasteiger partial charge is 0.227 e. The second-order valence-electron chi connectivity index (χ2n) is 7.62. The average Bonchev–Trinajstić information content (AvgIpc) is 3.27. The number of fused-ring (bicyclic) bond motifs is 1. The van der Waals surface area contributed by atoms with Gasteiger partial charge in [-0.3, -0.25) is 0 Å². The van der Waals surface area contributed by atoms with Gasteiger partial charge < -0.3 is 15.0 Å². The van der Waals surface area contributed by atoms with Crippen molar-refractivity contribution in [2.24, 2.45) is 0 Å². The maximum atomic E-state index is 10.8. The Labute approximate surface area is 197 Å². The van der Waals surface area contributed by atoms with Gasteiger partial charge in [0.15, 0.2) is 0 Å². The Kier molecular flexibility index (Phi) is 6.49. The highest BCUT2D eigenvalue weighted by Gasteiger charge is 2.13. The van der Waals surface area contributed by atoms with Gasteiger partial charge in [-0.05, 0) is 41.5 Å². The molecule has 0 bridgehead atoms. The number of aromatic nitrogens is 2. The van der Waals surface area contributed by atoms with Crippen molar-refractivity contribution in [3.8, 4) is 11.1 Å². The SMILES string of the molecule is O=[SH](=O)NCc1cccc(-c2csc3cnc(Nc4ccc(N5CCOCC5)cc4)nc23)c1. The number of benzene rings is 2. The third-order valence-corrected chi connectivity index (χ3v) is 6.79. The molecule has 0 unspecified atom stereocenters. The van der Waals surface area contributed by atoms with Crippen molar-refractivity contribution in [2.45, 2.75) is 6.54 Å². The largest absolute Gasteiger partial charge is 0.378 e. The molecule has 2 aromatic carbocycles. The lowest BCUT2D eigenvalue weighted by Crippen LogP contribution is -2.36. The fourth-order valence-corrected chi connectivity index (χ4v) is 4.99. The molecule has 1 fully saturated rings. The molecular weight excluding hydrogens is 458 g/mol. The lowest BCUT2D eigenvalue weighted by atomic mass is 10.0. The Morgan fingerprint density at radius 2 is 1.91 bits per heavy atom. The topological polar surface area (TPSA) is 96.5 Å². The van der Waals surface area contributed by atoms with E-state index < -0.39 is 10.9 Å². The molecule has 0 aliphatic carbocycles. The third-order valence-electron chi connectivity index (χ3n) is 5.46. The van der Waals surface area contributed by atoms with Gasteiger partial charge in [0.2, 0.25) is 16.8 Å². The number of nitrogens with zero attached hydrogens (tertiary/aromatic N) is 3. The monoisotopic (exact) mass is 481 g/mol. The lowest BCUT2D eigenvalue weighted by molar-refractivity contribution is 0.122. The first-order valence-electron chi connectivity index (χ1n) is 10.6. The van der Waals surface area contributed by atoms with Crippen LogP contribution in [0.4, 0.5) is 17.3 Å². The molecule has 2 N–H and O–H groups in total. The molecule has 3 heterocycles. The highest BCUT2D eigenvalue weighted by molar-refractivity contribution is 7.70. The van der Waals surface area contributed by atoms with Crippen molar-refractivity contribution >= 4 is 49.8 Å². The highest BCUT2D eigenvalue weighted by atomic mass is 32.2. The predicted molar refractivity (Wildman–Crippen MR) is 133 cm³/mol. The van der Waals surface area contributed by atoms with E-state index in [0.717, 1.165) is 58.9 Å². The average molecular weight is 482 g/mol. The minimum atomic E-state index is -2.63. The molecule has 0 spiro atoms. The Bertz CT molecular complexity index is 1320. The summed E-state index contributed by atoms with van der Waals surface area (Å²) in [5, 5.41) is 5.36. The van der Waals surface area contributed by atoms with Crippen LogP contribution in [0, 0.1) is 0 Å². The molecule has 2 aromatic heterocycles. The van der Waals surface area contributed by atoms with Crippen molar-refractivity contribution < 1.29 is 13.2 Å². The van der Waals surface area contributed by atoms with Gasteiger partial charge >= 0.3 is 0 Å². The molecule has 1 saturated heterocycles. The van der Waals surface area contributed by atoms with Crippen molar-refractivity contribution in [2.75, 3.05) is 36.5 Å². The van der Waals surface area contributed by atoms with E-state index in [4.69, 9.17) is 9.72 Å². The molecule has 0 atom stereocenters. The van der Waals surface area contributed by atoms with Crippen molar-refractivity contribution in [3.05, 3.63) is 65.7 Å². The van der Waals surface area contributed by atoms with Gasteiger partial charge in [0.1, 0.15) is 0 Å². The number of rotatable bonds is 7. The molecule has 0 radical (unpaired) electrons. The van der Waals surface area contributed by atoms with Crippen LogP contribution in [-0.2, 0) is 22.2 Å². The van der Waals surface area contributed by atoms with Gasteiger partial charge in [-0.15, -0.1) is 11.3 Å². The number of nitrogens with one attached hydrogen (secondary N) is 2. The summed E-state index contributed by atoms with van der Waals surface area (Å²) < 4.78 is 30.5. The van der Waals surface area contributed by atoms with Crippen molar-refractivity contribution in [1.82, 2.24) is 14.7 Å². The van der Waals surface area contributed by atoms with E-state index in [9.17, 15) is 8.42 Å². The predicted octanol–water partition coefficient (Wildman–Crippen LogP) is 3.55. The third kappa shape index (κ3) is 5.14. The maximum absolute atomic E-state index is 10.8. The normalized spacial score (nSPS) is 14.2. The van der Waals surface area contributed by atoms with E-state index in [0.29, 0.717) is 5.95 Å². The molecule has 1 aliphatic heterocycles. The summed E-state index contributed by atoms with van der Waals surface area (Å²) in [6.45, 7) is 3.58. The number of thiol groups is 1. The molecule has 0 saturated carbocycles. The van der Waals surface area contributed by atoms with Gasteiger partial charge in [-0.25, -0.2) is 23.1 Å². The summed E-state index contributed by atoms with van der Waals surface area (Å²) in [7, 11) is -2.63. The molecule has 8 nitrogen and oxygen atoms in total. The van der Waals surface area contributed by atoms with Crippen LogP contribution in [-0.4, -0.2) is 44.7 Å². The van der Waals surface area contributed by atoms with E-state index in [1.54, 1.807) is 11.3 Å². The summed E-state index contributed by atoms with van der Waals surface area (Å²) in [6.07, 6.45) is 1.83. The second-order valence-corrected chi connectivity index (χ2v) is 9.36. The summed E-state index contributed by atoms with van der Waals surface area (Å²) in [5.74, 6) is 0.530. The fraction of sp³-hybridized carbons (Fsp3) is 0.217. The van der Waals surface area contributed by atoms with Gasteiger partial charge in [-0.2, -0.15) is 0 Å². The van der Waals surface area contributed by atoms with Crippen LogP contribution in [0.2, 0.25) is 0 Å². The van der Waals surface area contributed by atoms with Crippen LogP contribution in [0.5, 0.6) is 0 Å². The van der Waals surface area contributed by atoms with Crippen LogP contribution in [0.15, 0.2) is 60.1 Å². The van der Waals surface area contributed by atoms with Crippen LogP contribution < -0.4 is 14.9 Å². The Morgan fingerprint density at radius 3 is 2.70 bits per heavy atom. The van der Waals surface area contributed by atoms with Crippen LogP contribution in [0.3, 0.4) is 0 Å². The van der Waals surface area contributed by atoms with Crippen molar-refractivity contribution in [1.29, 1.82) is 0 Å². The van der Waals surface area contributed by atoms with Gasteiger partial charge in [0.05, 0.1) is 29.6 Å². The maximum Gasteiger partial charge on any atom is 0.227 e. The number of morpholine rings is 1. The highest BCUT2D eigenvalue weighted by Crippen LogP contribution is 2.33.